The number of benzene rings is 1. The van der Waals surface area contributed by atoms with Gasteiger partial charge in [0.1, 0.15) is 5.82 Å². The maximum atomic E-state index is 12.7. The number of rotatable bonds is 4. The molecule has 1 aromatic carbocycles. The van der Waals surface area contributed by atoms with E-state index in [1.165, 1.54) is 49.1 Å². The molecule has 1 N–H and O–H groups in total. The van der Waals surface area contributed by atoms with Crippen molar-refractivity contribution in [3.8, 4) is 0 Å². The second-order valence-electron chi connectivity index (χ2n) is 4.62. The molecular weight excluding hydrogens is 229 g/mol. The average Bonchev–Trinajstić information content (AvgIpc) is 2.40. The Bertz CT molecular complexity index is 436. The van der Waals surface area contributed by atoms with E-state index in [0.717, 1.165) is 12.8 Å². The summed E-state index contributed by atoms with van der Waals surface area (Å²) in [6, 6.07) is 5.62. The van der Waals surface area contributed by atoms with Crippen molar-refractivity contribution in [2.45, 2.75) is 32.1 Å². The second kappa shape index (κ2) is 6.34. The van der Waals surface area contributed by atoms with E-state index in [1.807, 2.05) is 0 Å². The molecule has 0 heterocycles. The molecule has 96 valence electrons. The molecule has 0 fully saturated rings. The topological polar surface area (TPSA) is 29.1 Å². The second-order valence-corrected chi connectivity index (χ2v) is 4.62. The molecule has 1 aliphatic rings. The Balaban J connectivity index is 1.78. The summed E-state index contributed by atoms with van der Waals surface area (Å²) in [6.45, 7) is 0.655. The molecule has 0 radical (unpaired) electrons. The maximum absolute atomic E-state index is 12.7. The zero-order valence-corrected chi connectivity index (χ0v) is 10.4. The Kier molecular flexibility index (Phi) is 4.51. The molecular formula is C15H18FNO. The molecule has 18 heavy (non-hydrogen) atoms. The van der Waals surface area contributed by atoms with Crippen molar-refractivity contribution in [1.29, 1.82) is 0 Å². The Morgan fingerprint density at radius 1 is 1.22 bits per heavy atom. The van der Waals surface area contributed by atoms with E-state index in [-0.39, 0.29) is 11.7 Å². The summed E-state index contributed by atoms with van der Waals surface area (Å²) < 4.78 is 12.7. The van der Waals surface area contributed by atoms with Crippen LogP contribution >= 0.6 is 0 Å². The van der Waals surface area contributed by atoms with Gasteiger partial charge in [0.05, 0.1) is 0 Å². The van der Waals surface area contributed by atoms with E-state index in [0.29, 0.717) is 12.1 Å². The fourth-order valence-electron chi connectivity index (χ4n) is 2.17. The molecule has 2 rings (SSSR count). The first-order valence-corrected chi connectivity index (χ1v) is 6.47. The van der Waals surface area contributed by atoms with Crippen molar-refractivity contribution in [3.63, 3.8) is 0 Å². The zero-order chi connectivity index (χ0) is 12.8. The van der Waals surface area contributed by atoms with Gasteiger partial charge in [0.15, 0.2) is 0 Å². The molecule has 1 aliphatic carbocycles. The van der Waals surface area contributed by atoms with E-state index in [1.54, 1.807) is 0 Å². The Labute approximate surface area is 107 Å². The largest absolute Gasteiger partial charge is 0.352 e. The summed E-state index contributed by atoms with van der Waals surface area (Å²) in [5, 5.41) is 2.86. The van der Waals surface area contributed by atoms with Crippen molar-refractivity contribution in [2.24, 2.45) is 0 Å². The van der Waals surface area contributed by atoms with Crippen LogP contribution in [0.2, 0.25) is 0 Å². The third-order valence-electron chi connectivity index (χ3n) is 3.22. The molecule has 2 nitrogen and oxygen atoms in total. The normalized spacial score (nSPS) is 15.1. The van der Waals surface area contributed by atoms with Gasteiger partial charge in [-0.25, -0.2) is 4.39 Å². The lowest BCUT2D eigenvalue weighted by molar-refractivity contribution is 0.0954. The van der Waals surface area contributed by atoms with Gasteiger partial charge in [-0.1, -0.05) is 11.6 Å². The van der Waals surface area contributed by atoms with Gasteiger partial charge in [0.2, 0.25) is 0 Å². The van der Waals surface area contributed by atoms with Crippen LogP contribution in [0.15, 0.2) is 35.9 Å². The maximum Gasteiger partial charge on any atom is 0.251 e. The monoisotopic (exact) mass is 247 g/mol. The lowest BCUT2D eigenvalue weighted by atomic mass is 9.97. The molecule has 0 aromatic heterocycles. The zero-order valence-electron chi connectivity index (χ0n) is 10.4. The highest BCUT2D eigenvalue weighted by Crippen LogP contribution is 2.19. The first-order chi connectivity index (χ1) is 8.75. The van der Waals surface area contributed by atoms with E-state index in [2.05, 4.69) is 11.4 Å². The van der Waals surface area contributed by atoms with Crippen molar-refractivity contribution in [1.82, 2.24) is 5.32 Å². The summed E-state index contributed by atoms with van der Waals surface area (Å²) in [6.07, 6.45) is 8.08. The number of amides is 1. The van der Waals surface area contributed by atoms with Crippen LogP contribution in [0.1, 0.15) is 42.5 Å². The van der Waals surface area contributed by atoms with Gasteiger partial charge in [0, 0.05) is 12.1 Å². The predicted octanol–water partition coefficient (Wildman–Crippen LogP) is 3.45. The highest BCUT2D eigenvalue weighted by atomic mass is 19.1. The van der Waals surface area contributed by atoms with E-state index >= 15 is 0 Å². The number of carbonyl (C=O) groups is 1. The molecule has 0 atom stereocenters. The summed E-state index contributed by atoms with van der Waals surface area (Å²) in [5.41, 5.74) is 1.95. The molecule has 0 bridgehead atoms. The molecule has 1 aromatic rings. The van der Waals surface area contributed by atoms with E-state index in [9.17, 15) is 9.18 Å². The van der Waals surface area contributed by atoms with Gasteiger partial charge in [0.25, 0.3) is 5.91 Å². The first kappa shape index (κ1) is 12.8. The smallest absolute Gasteiger partial charge is 0.251 e. The Morgan fingerprint density at radius 2 is 2.00 bits per heavy atom. The van der Waals surface area contributed by atoms with Crippen LogP contribution in [0.3, 0.4) is 0 Å². The molecule has 0 spiro atoms. The van der Waals surface area contributed by atoms with E-state index < -0.39 is 0 Å². The Morgan fingerprint density at radius 3 is 2.67 bits per heavy atom. The first-order valence-electron chi connectivity index (χ1n) is 6.47. The molecule has 3 heteroatoms. The van der Waals surface area contributed by atoms with Crippen LogP contribution in [0, 0.1) is 5.82 Å². The lowest BCUT2D eigenvalue weighted by Crippen LogP contribution is -2.24. The van der Waals surface area contributed by atoms with Crippen LogP contribution in [0.4, 0.5) is 4.39 Å². The quantitative estimate of drug-likeness (QED) is 0.811. The number of carbonyl (C=O) groups excluding carboxylic acids is 1. The van der Waals surface area contributed by atoms with Crippen LogP contribution < -0.4 is 5.32 Å². The Hall–Kier alpha value is -1.64. The SMILES string of the molecule is O=C(NCCC1=CCCCC1)c1ccc(F)cc1. The minimum Gasteiger partial charge on any atom is -0.352 e. The number of nitrogens with one attached hydrogen (secondary N) is 1. The summed E-state index contributed by atoms with van der Waals surface area (Å²) in [5.74, 6) is -0.453. The van der Waals surface area contributed by atoms with Crippen molar-refractivity contribution >= 4 is 5.91 Å². The standard InChI is InChI=1S/C15H18FNO/c16-14-8-6-13(7-9-14)15(18)17-11-10-12-4-2-1-3-5-12/h4,6-9H,1-3,5,10-11H2,(H,17,18). The molecule has 0 saturated carbocycles. The minimum atomic E-state index is -0.320. The van der Waals surface area contributed by atoms with Gasteiger partial charge in [-0.3, -0.25) is 4.79 Å². The number of hydrogen-bond donors (Lipinski definition) is 1. The fourth-order valence-corrected chi connectivity index (χ4v) is 2.17. The van der Waals surface area contributed by atoms with Crippen LogP contribution in [0.5, 0.6) is 0 Å². The van der Waals surface area contributed by atoms with Gasteiger partial charge >= 0.3 is 0 Å². The third kappa shape index (κ3) is 3.69. The van der Waals surface area contributed by atoms with Gasteiger partial charge in [-0.05, 0) is 56.4 Å². The van der Waals surface area contributed by atoms with Crippen LogP contribution in [0.25, 0.3) is 0 Å². The average molecular weight is 247 g/mol. The van der Waals surface area contributed by atoms with Crippen LogP contribution in [-0.2, 0) is 0 Å². The van der Waals surface area contributed by atoms with E-state index in [4.69, 9.17) is 0 Å². The molecule has 0 saturated heterocycles. The van der Waals surface area contributed by atoms with Gasteiger partial charge in [-0.15, -0.1) is 0 Å². The minimum absolute atomic E-state index is 0.133. The fraction of sp³-hybridized carbons (Fsp3) is 0.400. The number of hydrogen-bond acceptors (Lipinski definition) is 1. The van der Waals surface area contributed by atoms with Crippen LogP contribution in [-0.4, -0.2) is 12.5 Å². The molecule has 0 aliphatic heterocycles. The number of halogens is 1. The summed E-state index contributed by atoms with van der Waals surface area (Å²) in [4.78, 5) is 11.7. The predicted molar refractivity (Wildman–Crippen MR) is 69.9 cm³/mol. The third-order valence-corrected chi connectivity index (χ3v) is 3.22. The highest BCUT2D eigenvalue weighted by Gasteiger charge is 2.06. The molecule has 0 unspecified atom stereocenters. The van der Waals surface area contributed by atoms with Crippen molar-refractivity contribution < 1.29 is 9.18 Å². The van der Waals surface area contributed by atoms with Crippen molar-refractivity contribution in [3.05, 3.63) is 47.3 Å². The lowest BCUT2D eigenvalue weighted by Gasteiger charge is -2.12. The van der Waals surface area contributed by atoms with Gasteiger partial charge in [-0.2, -0.15) is 0 Å². The van der Waals surface area contributed by atoms with Gasteiger partial charge < -0.3 is 5.32 Å². The summed E-state index contributed by atoms with van der Waals surface area (Å²) >= 11 is 0. The summed E-state index contributed by atoms with van der Waals surface area (Å²) in [7, 11) is 0. The highest BCUT2D eigenvalue weighted by molar-refractivity contribution is 5.94. The van der Waals surface area contributed by atoms with Crippen molar-refractivity contribution in [2.75, 3.05) is 6.54 Å². The molecule has 1 amide bonds. The number of allylic oxidation sites excluding steroid dienone is 1.